The van der Waals surface area contributed by atoms with Gasteiger partial charge in [-0.2, -0.15) is 0 Å². The van der Waals surface area contributed by atoms with Crippen molar-refractivity contribution in [2.75, 3.05) is 9.80 Å². The largest absolute Gasteiger partial charge is 0.456 e. The van der Waals surface area contributed by atoms with Crippen molar-refractivity contribution in [2.24, 2.45) is 0 Å². The minimum Gasteiger partial charge on any atom is -0.456 e. The van der Waals surface area contributed by atoms with Crippen LogP contribution in [0.2, 0.25) is 0 Å². The summed E-state index contributed by atoms with van der Waals surface area (Å²) in [4.78, 5) is 4.69. The lowest BCUT2D eigenvalue weighted by molar-refractivity contribution is 0.668. The van der Waals surface area contributed by atoms with E-state index in [2.05, 4.69) is 483 Å². The molecule has 2 aromatic heterocycles. The Morgan fingerprint density at radius 2 is 0.312 bits per heavy atom. The van der Waals surface area contributed by atoms with Crippen molar-refractivity contribution < 1.29 is 8.83 Å². The molecule has 128 heavy (non-hydrogen) atoms. The summed E-state index contributed by atoms with van der Waals surface area (Å²) in [5.41, 5.74) is 33.9. The SMILES string of the molecule is c1cc(-c2ccc(N(c3ccc(-c4cccc(-c5cccc6ccccc56)c4)cc3)c3ccc(-c4ccc5c(c4)oc4ccccc45)cc3)cc2)cc(-c2cccc3ccccc23)c1.c1ccc2c(-c3ccc(-c4ccc(N(c5ccc(-c6ccc(-c7cccc8ccccc78)cc6)cc5)c5ccc(-c6ccc7c(c6)oc6ccccc67)cc5)cc4)cc3)cccc2c1. The van der Waals surface area contributed by atoms with Gasteiger partial charge in [0.05, 0.1) is 0 Å². The van der Waals surface area contributed by atoms with Gasteiger partial charge in [-0.25, -0.2) is 0 Å². The molecule has 0 aliphatic rings. The lowest BCUT2D eigenvalue weighted by Gasteiger charge is -2.26. The molecule has 0 bridgehead atoms. The van der Waals surface area contributed by atoms with Crippen LogP contribution in [-0.2, 0) is 0 Å². The van der Waals surface area contributed by atoms with E-state index in [1.54, 1.807) is 0 Å². The number of fused-ring (bicyclic) bond motifs is 10. The summed E-state index contributed by atoms with van der Waals surface area (Å²) < 4.78 is 12.5. The zero-order chi connectivity index (χ0) is 84.8. The molecule has 24 aromatic rings. The normalized spacial score (nSPS) is 11.4. The van der Waals surface area contributed by atoms with Gasteiger partial charge in [0.1, 0.15) is 22.3 Å². The molecule has 22 aromatic carbocycles. The van der Waals surface area contributed by atoms with Gasteiger partial charge in [-0.15, -0.1) is 0 Å². The second-order valence-corrected chi connectivity index (χ2v) is 33.0. The summed E-state index contributed by atoms with van der Waals surface area (Å²) in [6.07, 6.45) is 0. The fourth-order valence-corrected chi connectivity index (χ4v) is 18.8. The number of benzene rings is 22. The molecule has 0 amide bonds. The Labute approximate surface area is 743 Å². The summed E-state index contributed by atoms with van der Waals surface area (Å²) in [7, 11) is 0. The van der Waals surface area contributed by atoms with Crippen LogP contribution in [0.5, 0.6) is 0 Å². The van der Waals surface area contributed by atoms with E-state index < -0.39 is 0 Å². The van der Waals surface area contributed by atoms with E-state index >= 15 is 0 Å². The van der Waals surface area contributed by atoms with Crippen molar-refractivity contribution in [3.63, 3.8) is 0 Å². The van der Waals surface area contributed by atoms with Crippen molar-refractivity contribution in [3.05, 3.63) is 497 Å². The van der Waals surface area contributed by atoms with Crippen LogP contribution in [0.15, 0.2) is 506 Å². The van der Waals surface area contributed by atoms with Crippen molar-refractivity contribution in [3.8, 4) is 111 Å². The molecule has 0 N–H and O–H groups in total. The van der Waals surface area contributed by atoms with E-state index in [1.807, 2.05) is 24.3 Å². The smallest absolute Gasteiger partial charge is 0.136 e. The van der Waals surface area contributed by atoms with E-state index in [1.165, 1.54) is 132 Å². The van der Waals surface area contributed by atoms with E-state index in [9.17, 15) is 0 Å². The van der Waals surface area contributed by atoms with Gasteiger partial charge in [-0.05, 0) is 276 Å². The first-order chi connectivity index (χ1) is 63.4. The van der Waals surface area contributed by atoms with Crippen molar-refractivity contribution in [1.29, 1.82) is 0 Å². The lowest BCUT2D eigenvalue weighted by Crippen LogP contribution is -2.09. The number of nitrogens with zero attached hydrogens (tertiary/aromatic N) is 2. The first kappa shape index (κ1) is 76.0. The summed E-state index contributed by atoms with van der Waals surface area (Å²) >= 11 is 0. The van der Waals surface area contributed by atoms with Crippen molar-refractivity contribution in [1.82, 2.24) is 0 Å². The molecule has 0 saturated carbocycles. The third-order valence-electron chi connectivity index (χ3n) is 25.4. The molecule has 0 saturated heterocycles. The quantitative estimate of drug-likeness (QED) is 0.0965. The Balaban J connectivity index is 0.000000146. The highest BCUT2D eigenvalue weighted by molar-refractivity contribution is 6.08. The highest BCUT2D eigenvalue weighted by atomic mass is 16.3. The maximum atomic E-state index is 6.26. The third-order valence-corrected chi connectivity index (χ3v) is 25.4. The summed E-state index contributed by atoms with van der Waals surface area (Å²) in [6, 6.07) is 179. The van der Waals surface area contributed by atoms with Crippen LogP contribution in [0.4, 0.5) is 34.1 Å². The first-order valence-electron chi connectivity index (χ1n) is 43.8. The topological polar surface area (TPSA) is 32.8 Å². The highest BCUT2D eigenvalue weighted by Crippen LogP contribution is 2.45. The second-order valence-electron chi connectivity index (χ2n) is 33.0. The van der Waals surface area contributed by atoms with E-state index in [0.29, 0.717) is 0 Å². The van der Waals surface area contributed by atoms with Crippen LogP contribution in [0, 0.1) is 0 Å². The Bertz CT molecular complexity index is 7900. The number of hydrogen-bond donors (Lipinski definition) is 0. The zero-order valence-electron chi connectivity index (χ0n) is 70.1. The molecule has 600 valence electrons. The number of rotatable bonds is 16. The van der Waals surface area contributed by atoms with E-state index in [4.69, 9.17) is 8.83 Å². The predicted molar refractivity (Wildman–Crippen MR) is 541 cm³/mol. The van der Waals surface area contributed by atoms with Crippen LogP contribution in [0.1, 0.15) is 0 Å². The van der Waals surface area contributed by atoms with Crippen molar-refractivity contribution >= 4 is 121 Å². The Kier molecular flexibility index (Phi) is 19.6. The number of hydrogen-bond acceptors (Lipinski definition) is 4. The molecule has 0 aliphatic heterocycles. The molecule has 0 fully saturated rings. The minimum atomic E-state index is 0.898. The summed E-state index contributed by atoms with van der Waals surface area (Å²) in [5, 5.41) is 14.6. The molecule has 24 rings (SSSR count). The van der Waals surface area contributed by atoms with Gasteiger partial charge in [-0.1, -0.05) is 376 Å². The van der Waals surface area contributed by atoms with Gasteiger partial charge in [0.25, 0.3) is 0 Å². The Morgan fingerprint density at radius 3 is 0.609 bits per heavy atom. The summed E-state index contributed by atoms with van der Waals surface area (Å²) in [6.45, 7) is 0. The molecule has 4 heteroatoms. The average Bonchev–Trinajstić information content (AvgIpc) is 1.70. The molecule has 0 radical (unpaired) electrons. The Hall–Kier alpha value is -16.9. The average molecular weight is 1630 g/mol. The van der Waals surface area contributed by atoms with Gasteiger partial charge >= 0.3 is 0 Å². The maximum Gasteiger partial charge on any atom is 0.136 e. The Morgan fingerprint density at radius 1 is 0.117 bits per heavy atom. The van der Waals surface area contributed by atoms with Gasteiger partial charge in [0.15, 0.2) is 0 Å². The number of furan rings is 2. The van der Waals surface area contributed by atoms with Crippen LogP contribution < -0.4 is 9.80 Å². The molecule has 2 heterocycles. The van der Waals surface area contributed by atoms with Gasteiger partial charge in [0.2, 0.25) is 0 Å². The molecule has 0 unspecified atom stereocenters. The second kappa shape index (κ2) is 33.0. The number of anilines is 6. The van der Waals surface area contributed by atoms with Crippen LogP contribution in [-0.4, -0.2) is 0 Å². The fourth-order valence-electron chi connectivity index (χ4n) is 18.8. The standard InChI is InChI=1S/2C62H41NO/c1-3-19-55-45(11-1)13-9-22-57(55)50-17-7-15-47(39-50)42-25-32-52(33-26-42)63(54-36-29-44(30-37-54)49-31-38-60-59-21-5-6-24-61(59)64-62(60)41-49)53-34-27-43(28-35-53)48-16-8-18-51(40-48)58-23-10-14-46-12-2-4-20-56(46)58;1-3-13-55-47(9-1)11-7-16-57(55)49-23-19-42(20-24-49)44-27-34-52(35-28-44)63(54-38-31-46(32-39-54)51-33-40-60-59-15-5-6-18-61(59)64-62(60)41-51)53-36-29-45(30-37-53)43-21-25-50(26-22-43)58-17-8-12-48-10-2-4-14-56(48)58/h2*1-41H. The minimum absolute atomic E-state index is 0.898. The van der Waals surface area contributed by atoms with Gasteiger partial charge in [0, 0.05) is 55.7 Å². The third kappa shape index (κ3) is 14.6. The molecular formula is C124H82N2O2. The monoisotopic (exact) mass is 1630 g/mol. The van der Waals surface area contributed by atoms with Crippen LogP contribution in [0.25, 0.3) is 198 Å². The first-order valence-corrected chi connectivity index (χ1v) is 43.8. The van der Waals surface area contributed by atoms with Crippen LogP contribution in [0.3, 0.4) is 0 Å². The zero-order valence-corrected chi connectivity index (χ0v) is 70.1. The molecular weight excluding hydrogens is 1550 g/mol. The molecule has 0 atom stereocenters. The molecule has 0 aliphatic carbocycles. The summed E-state index contributed by atoms with van der Waals surface area (Å²) in [5.74, 6) is 0. The fraction of sp³-hybridized carbons (Fsp3) is 0. The van der Waals surface area contributed by atoms with Gasteiger partial charge < -0.3 is 18.6 Å². The predicted octanol–water partition coefficient (Wildman–Crippen LogP) is 35.4. The van der Waals surface area contributed by atoms with Gasteiger partial charge in [-0.3, -0.25) is 0 Å². The van der Waals surface area contributed by atoms with E-state index in [-0.39, 0.29) is 0 Å². The van der Waals surface area contributed by atoms with Crippen molar-refractivity contribution in [2.45, 2.75) is 0 Å². The maximum absolute atomic E-state index is 6.26. The highest BCUT2D eigenvalue weighted by Gasteiger charge is 2.20. The molecule has 0 spiro atoms. The van der Waals surface area contributed by atoms with E-state index in [0.717, 1.165) is 100 Å². The molecule has 4 nitrogen and oxygen atoms in total. The van der Waals surface area contributed by atoms with Crippen LogP contribution >= 0.6 is 0 Å². The number of para-hydroxylation sites is 2. The lowest BCUT2D eigenvalue weighted by atomic mass is 9.95.